The molecule has 0 unspecified atom stereocenters. The molecule has 0 saturated heterocycles. The Hall–Kier alpha value is -2.86. The molecule has 0 fully saturated rings. The van der Waals surface area contributed by atoms with Gasteiger partial charge in [0, 0.05) is 44.4 Å². The minimum Gasteiger partial charge on any atom is -0.465 e. The molecule has 140 valence electrons. The molecule has 0 aliphatic carbocycles. The highest BCUT2D eigenvalue weighted by molar-refractivity contribution is 5.94. The number of hydrogen-bond donors (Lipinski definition) is 1. The monoisotopic (exact) mass is 364 g/mol. The number of amides is 1. The Bertz CT molecular complexity index is 943. The van der Waals surface area contributed by atoms with Crippen LogP contribution in [0.25, 0.3) is 0 Å². The molecule has 4 rings (SSSR count). The normalized spacial score (nSPS) is 14.1. The Morgan fingerprint density at radius 2 is 2.04 bits per heavy atom. The number of aryl methyl sites for hydroxylation is 2. The van der Waals surface area contributed by atoms with Crippen LogP contribution in [0, 0.1) is 6.92 Å². The van der Waals surface area contributed by atoms with Crippen molar-refractivity contribution in [2.24, 2.45) is 7.05 Å². The van der Waals surface area contributed by atoms with Gasteiger partial charge in [0.15, 0.2) is 5.69 Å². The van der Waals surface area contributed by atoms with E-state index >= 15 is 0 Å². The third-order valence-corrected chi connectivity index (χ3v) is 5.01. The molecule has 6 nitrogen and oxygen atoms in total. The van der Waals surface area contributed by atoms with E-state index in [9.17, 15) is 4.79 Å². The van der Waals surface area contributed by atoms with Gasteiger partial charge < -0.3 is 9.73 Å². The molecule has 1 aromatic carbocycles. The van der Waals surface area contributed by atoms with Crippen LogP contribution >= 0.6 is 0 Å². The molecule has 1 amide bonds. The Morgan fingerprint density at radius 1 is 1.22 bits per heavy atom. The fourth-order valence-corrected chi connectivity index (χ4v) is 3.62. The van der Waals surface area contributed by atoms with Crippen molar-refractivity contribution in [2.75, 3.05) is 6.54 Å². The maximum atomic E-state index is 12.7. The van der Waals surface area contributed by atoms with Crippen molar-refractivity contribution in [3.8, 4) is 0 Å². The van der Waals surface area contributed by atoms with Crippen molar-refractivity contribution < 1.29 is 9.21 Å². The number of aromatic nitrogens is 2. The van der Waals surface area contributed by atoms with Gasteiger partial charge >= 0.3 is 0 Å². The van der Waals surface area contributed by atoms with E-state index < -0.39 is 0 Å². The Morgan fingerprint density at radius 3 is 2.78 bits per heavy atom. The second-order valence-corrected chi connectivity index (χ2v) is 7.04. The minimum atomic E-state index is -0.119. The average molecular weight is 364 g/mol. The number of nitrogens with one attached hydrogen (secondary N) is 1. The molecule has 0 bridgehead atoms. The molecule has 1 aliphatic heterocycles. The van der Waals surface area contributed by atoms with E-state index in [2.05, 4.69) is 15.3 Å². The number of benzene rings is 1. The lowest BCUT2D eigenvalue weighted by Gasteiger charge is -2.26. The first-order valence-corrected chi connectivity index (χ1v) is 9.24. The van der Waals surface area contributed by atoms with Gasteiger partial charge in [-0.05, 0) is 24.6 Å². The van der Waals surface area contributed by atoms with Crippen LogP contribution in [0.5, 0.6) is 0 Å². The van der Waals surface area contributed by atoms with Gasteiger partial charge in [0.25, 0.3) is 5.91 Å². The van der Waals surface area contributed by atoms with Crippen molar-refractivity contribution >= 4 is 5.91 Å². The summed E-state index contributed by atoms with van der Waals surface area (Å²) >= 11 is 0. The summed E-state index contributed by atoms with van der Waals surface area (Å²) in [6, 6.07) is 13.9. The molecule has 0 spiro atoms. The highest BCUT2D eigenvalue weighted by Crippen LogP contribution is 2.24. The molecular formula is C21H24N4O2. The number of carbonyl (C=O) groups is 1. The lowest BCUT2D eigenvalue weighted by molar-refractivity contribution is 0.0942. The van der Waals surface area contributed by atoms with Gasteiger partial charge in [-0.25, -0.2) is 0 Å². The van der Waals surface area contributed by atoms with Crippen LogP contribution in [0.1, 0.15) is 38.8 Å². The molecule has 0 atom stereocenters. The van der Waals surface area contributed by atoms with Crippen LogP contribution in [0.2, 0.25) is 0 Å². The van der Waals surface area contributed by atoms with Gasteiger partial charge in [-0.2, -0.15) is 5.10 Å². The topological polar surface area (TPSA) is 63.3 Å². The van der Waals surface area contributed by atoms with Crippen LogP contribution in [-0.4, -0.2) is 27.1 Å². The third-order valence-electron chi connectivity index (χ3n) is 5.01. The number of carbonyl (C=O) groups excluding carboxylic acids is 1. The first kappa shape index (κ1) is 17.5. The molecule has 6 heteroatoms. The number of rotatable bonds is 5. The molecular weight excluding hydrogens is 340 g/mol. The SMILES string of the molecule is Cc1ccc(CN2CCc3c(c(C(=O)NCc4ccccc4)nn3C)C2)o1. The Kier molecular flexibility index (Phi) is 4.81. The summed E-state index contributed by atoms with van der Waals surface area (Å²) in [5.74, 6) is 1.76. The summed E-state index contributed by atoms with van der Waals surface area (Å²) in [5, 5.41) is 7.50. The van der Waals surface area contributed by atoms with E-state index in [-0.39, 0.29) is 5.91 Å². The lowest BCUT2D eigenvalue weighted by atomic mass is 10.0. The molecule has 3 heterocycles. The van der Waals surface area contributed by atoms with Gasteiger partial charge in [0.2, 0.25) is 0 Å². The maximum Gasteiger partial charge on any atom is 0.272 e. The van der Waals surface area contributed by atoms with Crippen molar-refractivity contribution in [3.05, 3.63) is 76.5 Å². The van der Waals surface area contributed by atoms with Gasteiger partial charge in [-0.1, -0.05) is 30.3 Å². The summed E-state index contributed by atoms with van der Waals surface area (Å²) in [4.78, 5) is 15.0. The van der Waals surface area contributed by atoms with Gasteiger partial charge in [-0.3, -0.25) is 14.4 Å². The molecule has 0 saturated carbocycles. The maximum absolute atomic E-state index is 12.7. The Labute approximate surface area is 158 Å². The highest BCUT2D eigenvalue weighted by atomic mass is 16.3. The van der Waals surface area contributed by atoms with E-state index in [0.717, 1.165) is 47.9 Å². The van der Waals surface area contributed by atoms with Crippen molar-refractivity contribution in [3.63, 3.8) is 0 Å². The van der Waals surface area contributed by atoms with Gasteiger partial charge in [-0.15, -0.1) is 0 Å². The molecule has 0 radical (unpaired) electrons. The van der Waals surface area contributed by atoms with E-state index in [1.54, 1.807) is 0 Å². The smallest absolute Gasteiger partial charge is 0.272 e. The number of fused-ring (bicyclic) bond motifs is 1. The van der Waals surface area contributed by atoms with Crippen LogP contribution in [0.4, 0.5) is 0 Å². The Balaban J connectivity index is 1.48. The van der Waals surface area contributed by atoms with Gasteiger partial charge in [0.1, 0.15) is 11.5 Å². The molecule has 1 aliphatic rings. The number of nitrogens with zero attached hydrogens (tertiary/aromatic N) is 3. The van der Waals surface area contributed by atoms with Crippen molar-refractivity contribution in [1.82, 2.24) is 20.0 Å². The standard InChI is InChI=1S/C21H24N4O2/c1-15-8-9-17(27-15)13-25-11-10-19-18(14-25)20(23-24(19)2)21(26)22-12-16-6-4-3-5-7-16/h3-9H,10-14H2,1-2H3,(H,22,26). The quantitative estimate of drug-likeness (QED) is 0.756. The number of hydrogen-bond acceptors (Lipinski definition) is 4. The van der Waals surface area contributed by atoms with Crippen LogP contribution in [0.15, 0.2) is 46.9 Å². The first-order chi connectivity index (χ1) is 13.1. The fourth-order valence-electron chi connectivity index (χ4n) is 3.62. The molecule has 1 N–H and O–H groups in total. The van der Waals surface area contributed by atoms with E-state index in [0.29, 0.717) is 18.8 Å². The van der Waals surface area contributed by atoms with Crippen LogP contribution in [0.3, 0.4) is 0 Å². The fraction of sp³-hybridized carbons (Fsp3) is 0.333. The first-order valence-electron chi connectivity index (χ1n) is 9.24. The largest absolute Gasteiger partial charge is 0.465 e. The molecule has 2 aromatic heterocycles. The minimum absolute atomic E-state index is 0.119. The second kappa shape index (κ2) is 7.40. The highest BCUT2D eigenvalue weighted by Gasteiger charge is 2.27. The summed E-state index contributed by atoms with van der Waals surface area (Å²) in [6.45, 7) is 4.83. The predicted molar refractivity (Wildman–Crippen MR) is 102 cm³/mol. The van der Waals surface area contributed by atoms with Crippen LogP contribution in [-0.2, 0) is 33.1 Å². The summed E-state index contributed by atoms with van der Waals surface area (Å²) < 4.78 is 7.55. The number of furan rings is 1. The zero-order chi connectivity index (χ0) is 18.8. The summed E-state index contributed by atoms with van der Waals surface area (Å²) in [5.41, 5.74) is 3.78. The van der Waals surface area contributed by atoms with E-state index in [1.807, 2.05) is 61.1 Å². The zero-order valence-electron chi connectivity index (χ0n) is 15.7. The average Bonchev–Trinajstić information content (AvgIpc) is 3.23. The van der Waals surface area contributed by atoms with Gasteiger partial charge in [0.05, 0.1) is 6.54 Å². The third kappa shape index (κ3) is 3.80. The van der Waals surface area contributed by atoms with Crippen molar-refractivity contribution in [2.45, 2.75) is 33.0 Å². The summed E-state index contributed by atoms with van der Waals surface area (Å²) in [6.07, 6.45) is 0.879. The van der Waals surface area contributed by atoms with E-state index in [1.165, 1.54) is 0 Å². The van der Waals surface area contributed by atoms with E-state index in [4.69, 9.17) is 4.42 Å². The lowest BCUT2D eigenvalue weighted by Crippen LogP contribution is -2.32. The van der Waals surface area contributed by atoms with Crippen molar-refractivity contribution in [1.29, 1.82) is 0 Å². The summed E-state index contributed by atoms with van der Waals surface area (Å²) in [7, 11) is 1.92. The predicted octanol–water partition coefficient (Wildman–Crippen LogP) is 2.81. The molecule has 27 heavy (non-hydrogen) atoms. The second-order valence-electron chi connectivity index (χ2n) is 7.04. The van der Waals surface area contributed by atoms with Crippen LogP contribution < -0.4 is 5.32 Å². The zero-order valence-corrected chi connectivity index (χ0v) is 15.7. The molecule has 3 aromatic rings.